The van der Waals surface area contributed by atoms with E-state index in [1.807, 2.05) is 11.8 Å². The minimum atomic E-state index is 0.523. The number of hydrogen-bond donors (Lipinski definition) is 1. The summed E-state index contributed by atoms with van der Waals surface area (Å²) in [6.45, 7) is 5.99. The van der Waals surface area contributed by atoms with Gasteiger partial charge in [0.05, 0.1) is 11.9 Å². The van der Waals surface area contributed by atoms with Crippen molar-refractivity contribution in [1.29, 1.82) is 0 Å². The predicted octanol–water partition coefficient (Wildman–Crippen LogP) is 3.31. The van der Waals surface area contributed by atoms with Gasteiger partial charge in [0.2, 0.25) is 0 Å². The molecular weight excluding hydrogens is 288 g/mol. The summed E-state index contributed by atoms with van der Waals surface area (Å²) in [5.74, 6) is 2.98. The smallest absolute Gasteiger partial charge is 0.146 e. The molecule has 110 valence electrons. The molecule has 0 saturated heterocycles. The molecule has 0 amide bonds. The zero-order valence-electron chi connectivity index (χ0n) is 12.5. The monoisotopic (exact) mass is 310 g/mol. The first-order valence-corrected chi connectivity index (χ1v) is 9.10. The number of hydrogen-bond acceptors (Lipinski definition) is 6. The topological polar surface area (TPSA) is 41.1 Å². The molecular formula is C14H22N4S2. The lowest BCUT2D eigenvalue weighted by Crippen LogP contribution is -2.31. The maximum absolute atomic E-state index is 4.68. The lowest BCUT2D eigenvalue weighted by molar-refractivity contribution is 0.263. The van der Waals surface area contributed by atoms with Gasteiger partial charge in [-0.25, -0.2) is 9.97 Å². The Kier molecular flexibility index (Phi) is 5.63. The Morgan fingerprint density at radius 1 is 1.45 bits per heavy atom. The highest BCUT2D eigenvalue weighted by molar-refractivity contribution is 7.98. The van der Waals surface area contributed by atoms with E-state index in [-0.39, 0.29) is 0 Å². The number of nitrogens with zero attached hydrogens (tertiary/aromatic N) is 3. The van der Waals surface area contributed by atoms with Crippen LogP contribution in [-0.4, -0.2) is 46.5 Å². The van der Waals surface area contributed by atoms with E-state index in [1.54, 1.807) is 11.3 Å². The standard InChI is InChI=1S/C14H22N4S2/c1-5-15-13-11-6-7-20-14(11)17-12(16-13)8-18(3)10(2)9-19-4/h6-7,10H,5,8-9H2,1-4H3,(H,15,16,17). The van der Waals surface area contributed by atoms with Crippen molar-refractivity contribution in [1.82, 2.24) is 14.9 Å². The third-order valence-corrected chi connectivity index (χ3v) is 4.89. The maximum Gasteiger partial charge on any atom is 0.146 e. The van der Waals surface area contributed by atoms with Gasteiger partial charge < -0.3 is 5.32 Å². The average Bonchev–Trinajstić information content (AvgIpc) is 2.87. The number of aromatic nitrogens is 2. The number of nitrogens with one attached hydrogen (secondary N) is 1. The van der Waals surface area contributed by atoms with E-state index in [4.69, 9.17) is 0 Å². The second-order valence-electron chi connectivity index (χ2n) is 4.88. The molecule has 0 fully saturated rings. The van der Waals surface area contributed by atoms with Crippen molar-refractivity contribution in [2.24, 2.45) is 0 Å². The molecule has 0 aliphatic heterocycles. The third-order valence-electron chi connectivity index (χ3n) is 3.27. The van der Waals surface area contributed by atoms with Crippen LogP contribution in [0.2, 0.25) is 0 Å². The van der Waals surface area contributed by atoms with E-state index in [9.17, 15) is 0 Å². The van der Waals surface area contributed by atoms with Crippen LogP contribution in [0, 0.1) is 0 Å². The highest BCUT2D eigenvalue weighted by Gasteiger charge is 2.13. The highest BCUT2D eigenvalue weighted by atomic mass is 32.2. The van der Waals surface area contributed by atoms with Crippen molar-refractivity contribution >= 4 is 39.1 Å². The van der Waals surface area contributed by atoms with Gasteiger partial charge in [-0.2, -0.15) is 11.8 Å². The summed E-state index contributed by atoms with van der Waals surface area (Å²) in [7, 11) is 2.13. The molecule has 20 heavy (non-hydrogen) atoms. The first-order valence-electron chi connectivity index (χ1n) is 6.82. The Bertz CT molecular complexity index is 555. The first-order chi connectivity index (χ1) is 9.65. The van der Waals surface area contributed by atoms with Crippen LogP contribution in [0.15, 0.2) is 11.4 Å². The molecule has 0 bridgehead atoms. The fourth-order valence-electron chi connectivity index (χ4n) is 2.02. The van der Waals surface area contributed by atoms with Crippen LogP contribution < -0.4 is 5.32 Å². The van der Waals surface area contributed by atoms with E-state index in [0.29, 0.717) is 6.04 Å². The summed E-state index contributed by atoms with van der Waals surface area (Å²) in [6.07, 6.45) is 2.14. The molecule has 6 heteroatoms. The van der Waals surface area contributed by atoms with Gasteiger partial charge in [0.25, 0.3) is 0 Å². The lowest BCUT2D eigenvalue weighted by Gasteiger charge is -2.23. The molecule has 2 heterocycles. The van der Waals surface area contributed by atoms with E-state index in [2.05, 4.69) is 58.8 Å². The summed E-state index contributed by atoms with van der Waals surface area (Å²) >= 11 is 3.54. The van der Waals surface area contributed by atoms with Gasteiger partial charge in [-0.05, 0) is 38.6 Å². The van der Waals surface area contributed by atoms with Crippen LogP contribution in [0.25, 0.3) is 10.2 Å². The van der Waals surface area contributed by atoms with Crippen molar-refractivity contribution in [3.63, 3.8) is 0 Å². The largest absolute Gasteiger partial charge is 0.370 e. The Balaban J connectivity index is 2.21. The van der Waals surface area contributed by atoms with Gasteiger partial charge in [0, 0.05) is 18.3 Å². The van der Waals surface area contributed by atoms with Crippen molar-refractivity contribution in [3.8, 4) is 0 Å². The molecule has 1 N–H and O–H groups in total. The average molecular weight is 310 g/mol. The Labute approximate surface area is 129 Å². The molecule has 2 rings (SSSR count). The highest BCUT2D eigenvalue weighted by Crippen LogP contribution is 2.25. The minimum absolute atomic E-state index is 0.523. The molecule has 4 nitrogen and oxygen atoms in total. The zero-order chi connectivity index (χ0) is 14.5. The van der Waals surface area contributed by atoms with Crippen LogP contribution in [0.1, 0.15) is 19.7 Å². The number of thiophene rings is 1. The van der Waals surface area contributed by atoms with Gasteiger partial charge in [0.1, 0.15) is 16.5 Å². The zero-order valence-corrected chi connectivity index (χ0v) is 14.1. The summed E-state index contributed by atoms with van der Waals surface area (Å²) < 4.78 is 0. The molecule has 2 aromatic rings. The van der Waals surface area contributed by atoms with E-state index < -0.39 is 0 Å². The SMILES string of the molecule is CCNc1nc(CN(C)C(C)CSC)nc2sccc12. The van der Waals surface area contributed by atoms with Crippen LogP contribution in [0.4, 0.5) is 5.82 Å². The fraction of sp³-hybridized carbons (Fsp3) is 0.571. The Morgan fingerprint density at radius 3 is 2.95 bits per heavy atom. The van der Waals surface area contributed by atoms with Crippen LogP contribution in [-0.2, 0) is 6.54 Å². The molecule has 0 spiro atoms. The molecule has 2 aromatic heterocycles. The van der Waals surface area contributed by atoms with Crippen LogP contribution in [0.5, 0.6) is 0 Å². The molecule has 0 aliphatic carbocycles. The number of rotatable bonds is 7. The van der Waals surface area contributed by atoms with E-state index in [0.717, 1.165) is 40.7 Å². The number of thioether (sulfide) groups is 1. The van der Waals surface area contributed by atoms with Crippen molar-refractivity contribution < 1.29 is 0 Å². The minimum Gasteiger partial charge on any atom is -0.370 e. The predicted molar refractivity (Wildman–Crippen MR) is 90.9 cm³/mol. The molecule has 1 atom stereocenters. The summed E-state index contributed by atoms with van der Waals surface area (Å²) in [5.41, 5.74) is 0. The van der Waals surface area contributed by atoms with Crippen LogP contribution in [0.3, 0.4) is 0 Å². The summed E-state index contributed by atoms with van der Waals surface area (Å²) in [4.78, 5) is 12.7. The normalized spacial score (nSPS) is 13.1. The quantitative estimate of drug-likeness (QED) is 0.850. The van der Waals surface area contributed by atoms with E-state index >= 15 is 0 Å². The molecule has 0 saturated carbocycles. The van der Waals surface area contributed by atoms with Crippen LogP contribution >= 0.6 is 23.1 Å². The molecule has 1 unspecified atom stereocenters. The van der Waals surface area contributed by atoms with Crippen molar-refractivity contribution in [3.05, 3.63) is 17.3 Å². The summed E-state index contributed by atoms with van der Waals surface area (Å²) in [5, 5.41) is 6.54. The van der Waals surface area contributed by atoms with Crippen molar-refractivity contribution in [2.75, 3.05) is 30.9 Å². The lowest BCUT2D eigenvalue weighted by atomic mass is 10.3. The first kappa shape index (κ1) is 15.5. The molecule has 0 aromatic carbocycles. The van der Waals surface area contributed by atoms with Crippen molar-refractivity contribution in [2.45, 2.75) is 26.4 Å². The Hall–Kier alpha value is -0.850. The van der Waals surface area contributed by atoms with Gasteiger partial charge in [0.15, 0.2) is 0 Å². The maximum atomic E-state index is 4.68. The van der Waals surface area contributed by atoms with Gasteiger partial charge in [-0.15, -0.1) is 11.3 Å². The summed E-state index contributed by atoms with van der Waals surface area (Å²) in [6, 6.07) is 2.61. The fourth-order valence-corrected chi connectivity index (χ4v) is 3.54. The van der Waals surface area contributed by atoms with E-state index in [1.165, 1.54) is 0 Å². The second kappa shape index (κ2) is 7.24. The number of fused-ring (bicyclic) bond motifs is 1. The third kappa shape index (κ3) is 3.62. The molecule has 0 radical (unpaired) electrons. The molecule has 0 aliphatic rings. The second-order valence-corrected chi connectivity index (χ2v) is 6.68. The van der Waals surface area contributed by atoms with Gasteiger partial charge in [-0.1, -0.05) is 0 Å². The number of anilines is 1. The Morgan fingerprint density at radius 2 is 2.25 bits per heavy atom. The van der Waals surface area contributed by atoms with Gasteiger partial charge in [-0.3, -0.25) is 4.90 Å². The van der Waals surface area contributed by atoms with Gasteiger partial charge >= 0.3 is 0 Å².